The molecule has 2 heterocycles. The number of para-hydroxylation sites is 2. The minimum atomic E-state index is -0.206. The lowest BCUT2D eigenvalue weighted by Gasteiger charge is -2.06. The van der Waals surface area contributed by atoms with Gasteiger partial charge in [0.2, 0.25) is 0 Å². The average molecular weight is 232 g/mol. The molecule has 1 fully saturated rings. The first-order valence-corrected chi connectivity index (χ1v) is 5.60. The van der Waals surface area contributed by atoms with E-state index in [-0.39, 0.29) is 17.6 Å². The fourth-order valence-electron chi connectivity index (χ4n) is 2.21. The number of aromatic nitrogens is 2. The van der Waals surface area contributed by atoms with E-state index in [0.717, 1.165) is 11.0 Å². The summed E-state index contributed by atoms with van der Waals surface area (Å²) in [6.45, 7) is 0.849. The van der Waals surface area contributed by atoms with E-state index in [0.29, 0.717) is 19.6 Å². The third kappa shape index (κ3) is 1.63. The predicted molar refractivity (Wildman–Crippen MR) is 61.6 cm³/mol. The van der Waals surface area contributed by atoms with Gasteiger partial charge < -0.3 is 9.72 Å². The first-order chi connectivity index (χ1) is 8.25. The summed E-state index contributed by atoms with van der Waals surface area (Å²) >= 11 is 0. The number of carbonyl (C=O) groups excluding carboxylic acids is 1. The third-order valence-corrected chi connectivity index (χ3v) is 3.13. The number of H-pyrrole nitrogens is 1. The monoisotopic (exact) mass is 232 g/mol. The molecule has 5 nitrogen and oxygen atoms in total. The number of cyclic esters (lactones) is 1. The number of ether oxygens (including phenoxy) is 1. The van der Waals surface area contributed by atoms with Gasteiger partial charge in [-0.05, 0) is 18.6 Å². The molecule has 0 amide bonds. The highest BCUT2D eigenvalue weighted by molar-refractivity contribution is 5.76. The van der Waals surface area contributed by atoms with Gasteiger partial charge in [-0.2, -0.15) is 0 Å². The van der Waals surface area contributed by atoms with Crippen LogP contribution in [-0.2, 0) is 16.1 Å². The van der Waals surface area contributed by atoms with Gasteiger partial charge in [0.05, 0.1) is 23.6 Å². The maximum absolute atomic E-state index is 11.8. The minimum absolute atomic E-state index is 0.175. The molecule has 1 aromatic heterocycles. The van der Waals surface area contributed by atoms with E-state index in [9.17, 15) is 9.59 Å². The first kappa shape index (κ1) is 10.1. The summed E-state index contributed by atoms with van der Waals surface area (Å²) in [4.78, 5) is 26.0. The van der Waals surface area contributed by atoms with Crippen molar-refractivity contribution in [3.63, 3.8) is 0 Å². The van der Waals surface area contributed by atoms with Crippen LogP contribution in [-0.4, -0.2) is 22.1 Å². The topological polar surface area (TPSA) is 64.1 Å². The van der Waals surface area contributed by atoms with Gasteiger partial charge in [0.1, 0.15) is 0 Å². The van der Waals surface area contributed by atoms with Gasteiger partial charge in [0.25, 0.3) is 0 Å². The van der Waals surface area contributed by atoms with E-state index >= 15 is 0 Å². The normalized spacial score (nSPS) is 19.8. The SMILES string of the molecule is O=C1OCCC1Cn1c(=O)[nH]c2ccccc21. The molecule has 1 atom stereocenters. The summed E-state index contributed by atoms with van der Waals surface area (Å²) in [5.41, 5.74) is 1.45. The van der Waals surface area contributed by atoms with Crippen molar-refractivity contribution >= 4 is 17.0 Å². The van der Waals surface area contributed by atoms with Crippen LogP contribution in [0.3, 0.4) is 0 Å². The number of fused-ring (bicyclic) bond motifs is 1. The average Bonchev–Trinajstić information content (AvgIpc) is 2.85. The van der Waals surface area contributed by atoms with Crippen LogP contribution in [0.1, 0.15) is 6.42 Å². The number of nitrogens with zero attached hydrogens (tertiary/aromatic N) is 1. The molecule has 1 aliphatic rings. The summed E-state index contributed by atoms with van der Waals surface area (Å²) in [7, 11) is 0. The summed E-state index contributed by atoms with van der Waals surface area (Å²) in [5, 5.41) is 0. The Hall–Kier alpha value is -2.04. The molecule has 1 N–H and O–H groups in total. The van der Waals surface area contributed by atoms with Crippen molar-refractivity contribution in [2.24, 2.45) is 5.92 Å². The highest BCUT2D eigenvalue weighted by Gasteiger charge is 2.27. The standard InChI is InChI=1S/C12H12N2O3/c15-11-8(5-6-17-11)7-14-10-4-2-1-3-9(10)13-12(14)16/h1-4,8H,5-7H2,(H,13,16). The zero-order valence-electron chi connectivity index (χ0n) is 9.18. The largest absolute Gasteiger partial charge is 0.465 e. The fourth-order valence-corrected chi connectivity index (χ4v) is 2.21. The zero-order valence-corrected chi connectivity index (χ0v) is 9.18. The molecule has 0 saturated carbocycles. The van der Waals surface area contributed by atoms with Crippen molar-refractivity contribution in [3.05, 3.63) is 34.7 Å². The van der Waals surface area contributed by atoms with Crippen LogP contribution in [0, 0.1) is 5.92 Å². The van der Waals surface area contributed by atoms with E-state index in [1.807, 2.05) is 24.3 Å². The second kappa shape index (κ2) is 3.76. The fraction of sp³-hybridized carbons (Fsp3) is 0.333. The quantitative estimate of drug-likeness (QED) is 0.782. The number of benzene rings is 1. The molecule has 1 aromatic carbocycles. The van der Waals surface area contributed by atoms with Gasteiger partial charge in [-0.15, -0.1) is 0 Å². The van der Waals surface area contributed by atoms with Gasteiger partial charge in [0, 0.05) is 6.54 Å². The molecule has 17 heavy (non-hydrogen) atoms. The van der Waals surface area contributed by atoms with E-state index in [1.165, 1.54) is 0 Å². The minimum Gasteiger partial charge on any atom is -0.465 e. The number of esters is 1. The highest BCUT2D eigenvalue weighted by atomic mass is 16.5. The molecule has 1 aliphatic heterocycles. The summed E-state index contributed by atoms with van der Waals surface area (Å²) in [6, 6.07) is 7.46. The number of rotatable bonds is 2. The lowest BCUT2D eigenvalue weighted by molar-refractivity contribution is -0.141. The molecule has 0 bridgehead atoms. The van der Waals surface area contributed by atoms with Gasteiger partial charge in [-0.1, -0.05) is 12.1 Å². The molecular weight excluding hydrogens is 220 g/mol. The van der Waals surface area contributed by atoms with Crippen molar-refractivity contribution in [1.29, 1.82) is 0 Å². The Bertz CT molecular complexity index is 626. The van der Waals surface area contributed by atoms with Crippen LogP contribution in [0.15, 0.2) is 29.1 Å². The molecule has 5 heteroatoms. The van der Waals surface area contributed by atoms with Crippen molar-refractivity contribution in [1.82, 2.24) is 9.55 Å². The molecule has 88 valence electrons. The molecule has 2 aromatic rings. The van der Waals surface area contributed by atoms with Gasteiger partial charge in [-0.25, -0.2) is 4.79 Å². The van der Waals surface area contributed by atoms with E-state index in [1.54, 1.807) is 4.57 Å². The van der Waals surface area contributed by atoms with Crippen LogP contribution in [0.4, 0.5) is 0 Å². The molecule has 0 aliphatic carbocycles. The maximum atomic E-state index is 11.8. The van der Waals surface area contributed by atoms with Crippen LogP contribution >= 0.6 is 0 Å². The maximum Gasteiger partial charge on any atom is 0.326 e. The Morgan fingerprint density at radius 3 is 2.94 bits per heavy atom. The van der Waals surface area contributed by atoms with Crippen molar-refractivity contribution < 1.29 is 9.53 Å². The molecule has 0 spiro atoms. The Morgan fingerprint density at radius 2 is 2.18 bits per heavy atom. The van der Waals surface area contributed by atoms with Crippen LogP contribution < -0.4 is 5.69 Å². The van der Waals surface area contributed by atoms with Gasteiger partial charge in [-0.3, -0.25) is 9.36 Å². The van der Waals surface area contributed by atoms with Crippen molar-refractivity contribution in [2.75, 3.05) is 6.61 Å². The molecule has 0 radical (unpaired) electrons. The Balaban J connectivity index is 2.02. The number of carbonyl (C=O) groups is 1. The number of hydrogen-bond donors (Lipinski definition) is 1. The van der Waals surface area contributed by atoms with E-state index in [4.69, 9.17) is 4.74 Å². The van der Waals surface area contributed by atoms with Gasteiger partial charge >= 0.3 is 11.7 Å². The van der Waals surface area contributed by atoms with E-state index < -0.39 is 0 Å². The summed E-state index contributed by atoms with van der Waals surface area (Å²) in [5.74, 6) is -0.408. The molecule has 1 unspecified atom stereocenters. The lowest BCUT2D eigenvalue weighted by atomic mass is 10.1. The summed E-state index contributed by atoms with van der Waals surface area (Å²) < 4.78 is 6.51. The first-order valence-electron chi connectivity index (χ1n) is 5.60. The third-order valence-electron chi connectivity index (χ3n) is 3.13. The smallest absolute Gasteiger partial charge is 0.326 e. The second-order valence-electron chi connectivity index (χ2n) is 4.21. The summed E-state index contributed by atoms with van der Waals surface area (Å²) in [6.07, 6.45) is 0.685. The van der Waals surface area contributed by atoms with Crippen LogP contribution in [0.2, 0.25) is 0 Å². The highest BCUT2D eigenvalue weighted by Crippen LogP contribution is 2.18. The molecule has 1 saturated heterocycles. The molecular formula is C12H12N2O3. The molecule has 3 rings (SSSR count). The number of hydrogen-bond acceptors (Lipinski definition) is 3. The Kier molecular flexibility index (Phi) is 2.24. The van der Waals surface area contributed by atoms with Crippen molar-refractivity contribution in [2.45, 2.75) is 13.0 Å². The number of aromatic amines is 1. The van der Waals surface area contributed by atoms with Crippen LogP contribution in [0.5, 0.6) is 0 Å². The Morgan fingerprint density at radius 1 is 1.35 bits per heavy atom. The predicted octanol–water partition coefficient (Wildman–Crippen LogP) is 0.893. The van der Waals surface area contributed by atoms with E-state index in [2.05, 4.69) is 4.98 Å². The zero-order chi connectivity index (χ0) is 11.8. The number of nitrogens with one attached hydrogen (secondary N) is 1. The second-order valence-corrected chi connectivity index (χ2v) is 4.21. The Labute approximate surface area is 97.0 Å². The number of imidazole rings is 1. The lowest BCUT2D eigenvalue weighted by Crippen LogP contribution is -2.23. The van der Waals surface area contributed by atoms with Gasteiger partial charge in [0.15, 0.2) is 0 Å². The van der Waals surface area contributed by atoms with Crippen molar-refractivity contribution in [3.8, 4) is 0 Å². The van der Waals surface area contributed by atoms with Crippen LogP contribution in [0.25, 0.3) is 11.0 Å².